The predicted octanol–water partition coefficient (Wildman–Crippen LogP) is 2.45. The van der Waals surface area contributed by atoms with Gasteiger partial charge in [-0.2, -0.15) is 5.10 Å². The van der Waals surface area contributed by atoms with E-state index in [1.165, 1.54) is 5.56 Å². The highest BCUT2D eigenvalue weighted by atomic mass is 16.3. The van der Waals surface area contributed by atoms with Crippen molar-refractivity contribution in [2.24, 2.45) is 0 Å². The Morgan fingerprint density at radius 3 is 2.80 bits per heavy atom. The molecule has 0 spiro atoms. The van der Waals surface area contributed by atoms with E-state index in [9.17, 15) is 5.11 Å². The SMILES string of the molecule is CCc1nn(-c2cccc(C)c2)cc1O. The van der Waals surface area contributed by atoms with Gasteiger partial charge in [-0.05, 0) is 31.0 Å². The first kappa shape index (κ1) is 9.77. The Bertz CT molecular complexity index is 474. The minimum Gasteiger partial charge on any atom is -0.504 e. The molecule has 1 N–H and O–H groups in total. The summed E-state index contributed by atoms with van der Waals surface area (Å²) in [5.74, 6) is 0.263. The number of nitrogens with zero attached hydrogens (tertiary/aromatic N) is 2. The summed E-state index contributed by atoms with van der Waals surface area (Å²) in [7, 11) is 0. The molecule has 0 aliphatic rings. The zero-order chi connectivity index (χ0) is 10.8. The Kier molecular flexibility index (Phi) is 2.46. The number of aromatic nitrogens is 2. The second kappa shape index (κ2) is 3.77. The fourth-order valence-corrected chi connectivity index (χ4v) is 1.56. The summed E-state index contributed by atoms with van der Waals surface area (Å²) >= 11 is 0. The first-order valence-electron chi connectivity index (χ1n) is 5.05. The minimum absolute atomic E-state index is 0.263. The van der Waals surface area contributed by atoms with E-state index in [1.54, 1.807) is 10.9 Å². The molecule has 3 heteroatoms. The van der Waals surface area contributed by atoms with Crippen molar-refractivity contribution in [3.63, 3.8) is 0 Å². The van der Waals surface area contributed by atoms with Gasteiger partial charge in [0.15, 0.2) is 5.75 Å². The summed E-state index contributed by atoms with van der Waals surface area (Å²) in [5, 5.41) is 13.9. The van der Waals surface area contributed by atoms with E-state index in [1.807, 2.05) is 38.1 Å². The smallest absolute Gasteiger partial charge is 0.157 e. The van der Waals surface area contributed by atoms with E-state index in [4.69, 9.17) is 0 Å². The van der Waals surface area contributed by atoms with Crippen molar-refractivity contribution in [1.82, 2.24) is 9.78 Å². The molecular weight excluding hydrogens is 188 g/mol. The molecule has 0 aliphatic heterocycles. The molecule has 1 aromatic heterocycles. The predicted molar refractivity (Wildman–Crippen MR) is 59.3 cm³/mol. The molecule has 1 aromatic carbocycles. The van der Waals surface area contributed by atoms with Crippen LogP contribution in [0.3, 0.4) is 0 Å². The lowest BCUT2D eigenvalue weighted by Gasteiger charge is -2.01. The van der Waals surface area contributed by atoms with Crippen molar-refractivity contribution in [3.05, 3.63) is 41.7 Å². The maximum absolute atomic E-state index is 9.58. The maximum Gasteiger partial charge on any atom is 0.157 e. The van der Waals surface area contributed by atoms with Gasteiger partial charge in [0.2, 0.25) is 0 Å². The molecule has 1 heterocycles. The molecule has 0 fully saturated rings. The lowest BCUT2D eigenvalue weighted by Crippen LogP contribution is -1.95. The molecular formula is C12H14N2O. The Morgan fingerprint density at radius 2 is 2.20 bits per heavy atom. The number of aryl methyl sites for hydroxylation is 2. The van der Waals surface area contributed by atoms with Gasteiger partial charge in [-0.1, -0.05) is 19.1 Å². The molecule has 15 heavy (non-hydrogen) atoms. The average Bonchev–Trinajstić information content (AvgIpc) is 2.60. The zero-order valence-corrected chi connectivity index (χ0v) is 8.94. The lowest BCUT2D eigenvalue weighted by atomic mass is 10.2. The molecule has 0 saturated carbocycles. The Balaban J connectivity index is 2.45. The van der Waals surface area contributed by atoms with Crippen LogP contribution in [0.4, 0.5) is 0 Å². The third-order valence-corrected chi connectivity index (χ3v) is 2.37. The zero-order valence-electron chi connectivity index (χ0n) is 8.94. The van der Waals surface area contributed by atoms with Crippen LogP contribution in [0.25, 0.3) is 5.69 Å². The molecule has 0 aliphatic carbocycles. The van der Waals surface area contributed by atoms with Crippen LogP contribution in [0.1, 0.15) is 18.2 Å². The molecule has 2 rings (SSSR count). The van der Waals surface area contributed by atoms with E-state index in [0.29, 0.717) is 0 Å². The van der Waals surface area contributed by atoms with Crippen molar-refractivity contribution >= 4 is 0 Å². The minimum atomic E-state index is 0.263. The first-order chi connectivity index (χ1) is 7.20. The van der Waals surface area contributed by atoms with Crippen molar-refractivity contribution in [3.8, 4) is 11.4 Å². The maximum atomic E-state index is 9.58. The Hall–Kier alpha value is -1.77. The number of benzene rings is 1. The average molecular weight is 202 g/mol. The third-order valence-electron chi connectivity index (χ3n) is 2.37. The highest BCUT2D eigenvalue weighted by Crippen LogP contribution is 2.18. The van der Waals surface area contributed by atoms with Gasteiger partial charge < -0.3 is 5.11 Å². The summed E-state index contributed by atoms with van der Waals surface area (Å²) < 4.78 is 1.71. The highest BCUT2D eigenvalue weighted by molar-refractivity contribution is 5.37. The third kappa shape index (κ3) is 1.86. The number of hydrogen-bond acceptors (Lipinski definition) is 2. The van der Waals surface area contributed by atoms with Gasteiger partial charge in [0.05, 0.1) is 11.9 Å². The van der Waals surface area contributed by atoms with E-state index < -0.39 is 0 Å². The van der Waals surface area contributed by atoms with Crippen LogP contribution in [0.5, 0.6) is 5.75 Å². The monoisotopic (exact) mass is 202 g/mol. The molecule has 0 unspecified atom stereocenters. The van der Waals surface area contributed by atoms with E-state index in [0.717, 1.165) is 17.8 Å². The topological polar surface area (TPSA) is 38.0 Å². The van der Waals surface area contributed by atoms with Crippen molar-refractivity contribution in [2.75, 3.05) is 0 Å². The molecule has 0 atom stereocenters. The second-order valence-corrected chi connectivity index (χ2v) is 3.60. The first-order valence-corrected chi connectivity index (χ1v) is 5.05. The normalized spacial score (nSPS) is 10.5. The second-order valence-electron chi connectivity index (χ2n) is 3.60. The summed E-state index contributed by atoms with van der Waals surface area (Å²) in [4.78, 5) is 0. The molecule has 0 radical (unpaired) electrons. The fraction of sp³-hybridized carbons (Fsp3) is 0.250. The van der Waals surface area contributed by atoms with E-state index in [2.05, 4.69) is 5.10 Å². The largest absolute Gasteiger partial charge is 0.504 e. The summed E-state index contributed by atoms with van der Waals surface area (Å²) in [6.45, 7) is 4.01. The van der Waals surface area contributed by atoms with Crippen LogP contribution in [0.15, 0.2) is 30.5 Å². The van der Waals surface area contributed by atoms with Gasteiger partial charge in [0.25, 0.3) is 0 Å². The quantitative estimate of drug-likeness (QED) is 0.812. The fourth-order valence-electron chi connectivity index (χ4n) is 1.56. The van der Waals surface area contributed by atoms with Gasteiger partial charge in [0.1, 0.15) is 5.69 Å². The highest BCUT2D eigenvalue weighted by Gasteiger charge is 2.06. The van der Waals surface area contributed by atoms with Gasteiger partial charge in [-0.15, -0.1) is 0 Å². The van der Waals surface area contributed by atoms with Crippen LogP contribution in [0.2, 0.25) is 0 Å². The van der Waals surface area contributed by atoms with E-state index in [-0.39, 0.29) is 5.75 Å². The summed E-state index contributed by atoms with van der Waals surface area (Å²) in [6.07, 6.45) is 2.39. The van der Waals surface area contributed by atoms with Crippen molar-refractivity contribution < 1.29 is 5.11 Å². The van der Waals surface area contributed by atoms with Crippen LogP contribution < -0.4 is 0 Å². The molecule has 3 nitrogen and oxygen atoms in total. The number of rotatable bonds is 2. The van der Waals surface area contributed by atoms with Gasteiger partial charge in [-0.25, -0.2) is 4.68 Å². The lowest BCUT2D eigenvalue weighted by molar-refractivity contribution is 0.469. The Labute approximate surface area is 89.0 Å². The van der Waals surface area contributed by atoms with Gasteiger partial charge >= 0.3 is 0 Å². The van der Waals surface area contributed by atoms with Crippen LogP contribution in [-0.4, -0.2) is 14.9 Å². The van der Waals surface area contributed by atoms with Crippen molar-refractivity contribution in [2.45, 2.75) is 20.3 Å². The summed E-state index contributed by atoms with van der Waals surface area (Å²) in [5.41, 5.74) is 2.89. The molecule has 78 valence electrons. The van der Waals surface area contributed by atoms with E-state index >= 15 is 0 Å². The summed E-state index contributed by atoms with van der Waals surface area (Å²) in [6, 6.07) is 8.02. The molecule has 0 saturated heterocycles. The van der Waals surface area contributed by atoms with Gasteiger partial charge in [0, 0.05) is 0 Å². The van der Waals surface area contributed by atoms with Crippen LogP contribution in [0, 0.1) is 6.92 Å². The number of hydrogen-bond donors (Lipinski definition) is 1. The molecule has 0 bridgehead atoms. The van der Waals surface area contributed by atoms with Gasteiger partial charge in [-0.3, -0.25) is 0 Å². The standard InChI is InChI=1S/C12H14N2O/c1-3-11-12(15)8-14(13-11)10-6-4-5-9(2)7-10/h4-8,15H,3H2,1-2H3. The number of aromatic hydroxyl groups is 1. The van der Waals surface area contributed by atoms with Crippen molar-refractivity contribution in [1.29, 1.82) is 0 Å². The van der Waals surface area contributed by atoms with Crippen LogP contribution in [-0.2, 0) is 6.42 Å². The van der Waals surface area contributed by atoms with Crippen LogP contribution >= 0.6 is 0 Å². The molecule has 2 aromatic rings. The Morgan fingerprint density at radius 1 is 1.40 bits per heavy atom. The molecule has 0 amide bonds.